The van der Waals surface area contributed by atoms with Crippen molar-refractivity contribution in [2.45, 2.75) is 18.6 Å². The highest BCUT2D eigenvalue weighted by Crippen LogP contribution is 2.33. The van der Waals surface area contributed by atoms with E-state index in [9.17, 15) is 19.8 Å². The third kappa shape index (κ3) is 6.09. The zero-order chi connectivity index (χ0) is 26.7. The summed E-state index contributed by atoms with van der Waals surface area (Å²) in [6.45, 7) is 0. The summed E-state index contributed by atoms with van der Waals surface area (Å²) in [5.74, 6) is -2.21. The summed E-state index contributed by atoms with van der Waals surface area (Å²) in [7, 11) is 0. The molecular formula is C26H19Cl4N3O4. The van der Waals surface area contributed by atoms with Gasteiger partial charge in [0.25, 0.3) is 5.91 Å². The van der Waals surface area contributed by atoms with Gasteiger partial charge in [0.1, 0.15) is 0 Å². The Labute approximate surface area is 232 Å². The lowest BCUT2D eigenvalue weighted by molar-refractivity contribution is -0.148. The van der Waals surface area contributed by atoms with Crippen LogP contribution in [0.25, 0.3) is 16.9 Å². The van der Waals surface area contributed by atoms with Crippen molar-refractivity contribution in [3.63, 3.8) is 0 Å². The molecule has 3 N–H and O–H groups in total. The van der Waals surface area contributed by atoms with Crippen molar-refractivity contribution in [3.8, 4) is 16.9 Å². The predicted molar refractivity (Wildman–Crippen MR) is 144 cm³/mol. The maximum atomic E-state index is 13.3. The van der Waals surface area contributed by atoms with E-state index in [0.29, 0.717) is 37.6 Å². The topological polar surface area (TPSA) is 104 Å². The van der Waals surface area contributed by atoms with E-state index >= 15 is 0 Å². The molecule has 37 heavy (non-hydrogen) atoms. The Bertz CT molecular complexity index is 1470. The lowest BCUT2D eigenvalue weighted by Gasteiger charge is -2.21. The second-order valence-corrected chi connectivity index (χ2v) is 9.72. The Morgan fingerprint density at radius 3 is 2.22 bits per heavy atom. The lowest BCUT2D eigenvalue weighted by Crippen LogP contribution is -2.48. The Morgan fingerprint density at radius 1 is 0.892 bits per heavy atom. The lowest BCUT2D eigenvalue weighted by atomic mass is 10.0. The average Bonchev–Trinajstić information content (AvgIpc) is 3.29. The van der Waals surface area contributed by atoms with E-state index < -0.39 is 24.0 Å². The number of aliphatic hydroxyl groups excluding tert-OH is 1. The van der Waals surface area contributed by atoms with Gasteiger partial charge < -0.3 is 15.5 Å². The number of hydrogen-bond acceptors (Lipinski definition) is 4. The van der Waals surface area contributed by atoms with Crippen molar-refractivity contribution in [2.75, 3.05) is 0 Å². The highest BCUT2D eigenvalue weighted by atomic mass is 35.5. The highest BCUT2D eigenvalue weighted by molar-refractivity contribution is 6.36. The number of carbonyl (C=O) groups excluding carboxylic acids is 1. The van der Waals surface area contributed by atoms with Crippen LogP contribution >= 0.6 is 46.4 Å². The van der Waals surface area contributed by atoms with E-state index in [2.05, 4.69) is 10.4 Å². The quantitative estimate of drug-likeness (QED) is 0.240. The number of halogens is 4. The van der Waals surface area contributed by atoms with Crippen LogP contribution in [0.1, 0.15) is 16.1 Å². The van der Waals surface area contributed by atoms with Gasteiger partial charge in [0.15, 0.2) is 11.8 Å². The zero-order valence-corrected chi connectivity index (χ0v) is 21.9. The molecule has 0 radical (unpaired) electrons. The molecule has 0 bridgehead atoms. The van der Waals surface area contributed by atoms with Crippen molar-refractivity contribution >= 4 is 58.3 Å². The summed E-state index contributed by atoms with van der Waals surface area (Å²) in [5.41, 5.74) is 1.99. The van der Waals surface area contributed by atoms with Crippen LogP contribution in [0.2, 0.25) is 20.1 Å². The first-order valence-corrected chi connectivity index (χ1v) is 12.4. The van der Waals surface area contributed by atoms with Crippen LogP contribution in [0.15, 0.2) is 72.8 Å². The SMILES string of the molecule is O=C(N[C@H](Cc1ccccc1Cl)[C@@H](O)C(=O)O)c1cc(-c2ccccc2Cl)n(-c2ccc(Cl)cc2Cl)n1. The van der Waals surface area contributed by atoms with Crippen LogP contribution in [-0.4, -0.2) is 44.0 Å². The van der Waals surface area contributed by atoms with Crippen molar-refractivity contribution < 1.29 is 19.8 Å². The Kier molecular flexibility index (Phi) is 8.42. The van der Waals surface area contributed by atoms with Crippen molar-refractivity contribution in [1.29, 1.82) is 0 Å². The number of aliphatic carboxylic acids is 1. The molecule has 1 aromatic heterocycles. The molecular weight excluding hydrogens is 560 g/mol. The fraction of sp³-hybridized carbons (Fsp3) is 0.115. The number of nitrogens with zero attached hydrogens (tertiary/aromatic N) is 2. The number of aliphatic hydroxyl groups is 1. The molecule has 1 heterocycles. The van der Waals surface area contributed by atoms with Gasteiger partial charge in [0, 0.05) is 20.6 Å². The molecule has 0 aliphatic rings. The molecule has 4 rings (SSSR count). The summed E-state index contributed by atoms with van der Waals surface area (Å²) < 4.78 is 1.45. The van der Waals surface area contributed by atoms with Gasteiger partial charge in [-0.25, -0.2) is 9.48 Å². The molecule has 0 aliphatic carbocycles. The number of nitrogens with one attached hydrogen (secondary N) is 1. The Balaban J connectivity index is 1.74. The fourth-order valence-corrected chi connectivity index (χ4v) is 4.68. The number of carbonyl (C=O) groups is 2. The third-order valence-corrected chi connectivity index (χ3v) is 6.81. The molecule has 0 fully saturated rings. The molecule has 0 aliphatic heterocycles. The minimum Gasteiger partial charge on any atom is -0.479 e. The fourth-order valence-electron chi connectivity index (χ4n) is 3.75. The van der Waals surface area contributed by atoms with Crippen LogP contribution < -0.4 is 5.32 Å². The summed E-state index contributed by atoms with van der Waals surface area (Å²) in [4.78, 5) is 24.9. The molecule has 0 saturated heterocycles. The van der Waals surface area contributed by atoms with Crippen molar-refractivity contribution in [2.24, 2.45) is 0 Å². The van der Waals surface area contributed by atoms with Gasteiger partial charge in [0.2, 0.25) is 0 Å². The number of hydrogen-bond donors (Lipinski definition) is 3. The van der Waals surface area contributed by atoms with E-state index in [4.69, 9.17) is 46.4 Å². The summed E-state index contributed by atoms with van der Waals surface area (Å²) in [6.07, 6.45) is -1.92. The van der Waals surface area contributed by atoms with Crippen LogP contribution in [0.5, 0.6) is 0 Å². The van der Waals surface area contributed by atoms with Crippen LogP contribution in [0, 0.1) is 0 Å². The first kappa shape index (κ1) is 27.0. The Hall–Kier alpha value is -3.07. The van der Waals surface area contributed by atoms with E-state index in [-0.39, 0.29) is 17.1 Å². The highest BCUT2D eigenvalue weighted by Gasteiger charge is 2.30. The summed E-state index contributed by atoms with van der Waals surface area (Å²) in [6, 6.07) is 18.9. The maximum Gasteiger partial charge on any atom is 0.334 e. The van der Waals surface area contributed by atoms with Gasteiger partial charge >= 0.3 is 5.97 Å². The summed E-state index contributed by atoms with van der Waals surface area (Å²) in [5, 5.41) is 28.2. The van der Waals surface area contributed by atoms with Crippen LogP contribution in [0.3, 0.4) is 0 Å². The van der Waals surface area contributed by atoms with Gasteiger partial charge in [-0.05, 0) is 48.4 Å². The molecule has 7 nitrogen and oxygen atoms in total. The summed E-state index contributed by atoms with van der Waals surface area (Å²) >= 11 is 25.1. The Morgan fingerprint density at radius 2 is 1.57 bits per heavy atom. The van der Waals surface area contributed by atoms with E-state index in [1.807, 2.05) is 0 Å². The van der Waals surface area contributed by atoms with Crippen molar-refractivity contribution in [3.05, 3.63) is 104 Å². The minimum atomic E-state index is -1.89. The largest absolute Gasteiger partial charge is 0.479 e. The normalized spacial score (nSPS) is 12.7. The molecule has 190 valence electrons. The standard InChI is InChI=1S/C26H19Cl4N3O4/c27-15-9-10-22(19(30)12-15)33-23(16-6-2-4-8-18(16)29)13-21(32-33)25(35)31-20(24(34)26(36)37)11-14-5-1-3-7-17(14)28/h1-10,12-13,20,24,34H,11H2,(H,31,35)(H,36,37)/t20-,24-/m1/s1. The number of benzene rings is 3. The van der Waals surface area contributed by atoms with E-state index in [0.717, 1.165) is 0 Å². The molecule has 0 unspecified atom stereocenters. The molecule has 4 aromatic rings. The third-order valence-electron chi connectivity index (χ3n) is 5.58. The van der Waals surface area contributed by atoms with Crippen LogP contribution in [-0.2, 0) is 11.2 Å². The maximum absolute atomic E-state index is 13.3. The molecule has 1 amide bonds. The van der Waals surface area contributed by atoms with Crippen LogP contribution in [0.4, 0.5) is 0 Å². The number of amides is 1. The van der Waals surface area contributed by atoms with Crippen molar-refractivity contribution in [1.82, 2.24) is 15.1 Å². The second kappa shape index (κ2) is 11.5. The average molecular weight is 579 g/mol. The number of carboxylic acid groups (broad SMARTS) is 1. The second-order valence-electron chi connectivity index (χ2n) is 8.06. The van der Waals surface area contributed by atoms with Gasteiger partial charge in [0.05, 0.1) is 22.4 Å². The van der Waals surface area contributed by atoms with Gasteiger partial charge in [-0.15, -0.1) is 0 Å². The van der Waals surface area contributed by atoms with Gasteiger partial charge in [-0.1, -0.05) is 82.8 Å². The predicted octanol–water partition coefficient (Wildman–Crippen LogP) is 5.94. The monoisotopic (exact) mass is 577 g/mol. The molecule has 3 aromatic carbocycles. The number of rotatable bonds is 8. The van der Waals surface area contributed by atoms with Gasteiger partial charge in [-0.3, -0.25) is 4.79 Å². The number of carboxylic acids is 1. The first-order valence-electron chi connectivity index (χ1n) is 10.9. The molecule has 2 atom stereocenters. The molecule has 11 heteroatoms. The van der Waals surface area contributed by atoms with Gasteiger partial charge in [-0.2, -0.15) is 5.10 Å². The zero-order valence-electron chi connectivity index (χ0n) is 18.9. The first-order chi connectivity index (χ1) is 17.7. The molecule has 0 saturated carbocycles. The minimum absolute atomic E-state index is 0.0278. The van der Waals surface area contributed by atoms with E-state index in [1.54, 1.807) is 66.7 Å². The van der Waals surface area contributed by atoms with E-state index in [1.165, 1.54) is 10.7 Å². The smallest absolute Gasteiger partial charge is 0.334 e. The number of aromatic nitrogens is 2. The molecule has 0 spiro atoms.